The van der Waals surface area contributed by atoms with Crippen molar-refractivity contribution in [2.45, 2.75) is 6.54 Å². The van der Waals surface area contributed by atoms with E-state index in [2.05, 4.69) is 20.3 Å². The summed E-state index contributed by atoms with van der Waals surface area (Å²) in [5, 5.41) is 2.93. The Morgan fingerprint density at radius 2 is 2.50 bits per heavy atom. The molecular formula is C8H8N4OS. The SMILES string of the molecule is O=c1[nH]ccnc1NCc1cncs1. The van der Waals surface area contributed by atoms with Gasteiger partial charge in [0.2, 0.25) is 0 Å². The zero-order valence-electron chi connectivity index (χ0n) is 7.23. The third-order valence-electron chi connectivity index (χ3n) is 1.62. The first-order chi connectivity index (χ1) is 6.86. The lowest BCUT2D eigenvalue weighted by Crippen LogP contribution is -2.14. The molecule has 0 amide bonds. The lowest BCUT2D eigenvalue weighted by atomic mass is 10.5. The molecule has 0 unspecified atom stereocenters. The van der Waals surface area contributed by atoms with E-state index in [0.29, 0.717) is 12.4 Å². The number of nitrogens with one attached hydrogen (secondary N) is 2. The Hall–Kier alpha value is -1.69. The van der Waals surface area contributed by atoms with Gasteiger partial charge in [0.25, 0.3) is 5.56 Å². The maximum Gasteiger partial charge on any atom is 0.290 e. The molecule has 6 heteroatoms. The van der Waals surface area contributed by atoms with Crippen LogP contribution >= 0.6 is 11.3 Å². The summed E-state index contributed by atoms with van der Waals surface area (Å²) in [5.41, 5.74) is 1.54. The van der Waals surface area contributed by atoms with E-state index in [-0.39, 0.29) is 5.56 Å². The maximum atomic E-state index is 11.2. The second-order valence-corrected chi connectivity index (χ2v) is 3.56. The van der Waals surface area contributed by atoms with E-state index in [0.717, 1.165) is 4.88 Å². The minimum atomic E-state index is -0.211. The quantitative estimate of drug-likeness (QED) is 0.784. The maximum absolute atomic E-state index is 11.2. The molecule has 0 saturated heterocycles. The molecule has 2 heterocycles. The van der Waals surface area contributed by atoms with Crippen LogP contribution in [-0.4, -0.2) is 15.0 Å². The third-order valence-corrected chi connectivity index (χ3v) is 2.40. The van der Waals surface area contributed by atoms with E-state index in [4.69, 9.17) is 0 Å². The molecule has 0 radical (unpaired) electrons. The van der Waals surface area contributed by atoms with Crippen molar-refractivity contribution in [3.63, 3.8) is 0 Å². The number of nitrogens with zero attached hydrogens (tertiary/aromatic N) is 2. The molecule has 2 aromatic rings. The molecule has 0 spiro atoms. The second kappa shape index (κ2) is 4.01. The normalized spacial score (nSPS) is 10.0. The van der Waals surface area contributed by atoms with E-state index >= 15 is 0 Å². The monoisotopic (exact) mass is 208 g/mol. The fourth-order valence-corrected chi connectivity index (χ4v) is 1.51. The predicted molar refractivity (Wildman–Crippen MR) is 54.3 cm³/mol. The van der Waals surface area contributed by atoms with Gasteiger partial charge in [-0.25, -0.2) is 4.98 Å². The van der Waals surface area contributed by atoms with Gasteiger partial charge in [0, 0.05) is 23.5 Å². The fourth-order valence-electron chi connectivity index (χ4n) is 0.978. The van der Waals surface area contributed by atoms with Crippen molar-refractivity contribution in [3.05, 3.63) is 39.3 Å². The van der Waals surface area contributed by atoms with Crippen LogP contribution in [0.25, 0.3) is 0 Å². The highest BCUT2D eigenvalue weighted by atomic mass is 32.1. The smallest absolute Gasteiger partial charge is 0.290 e. The molecule has 0 bridgehead atoms. The Labute approximate surface area is 83.9 Å². The van der Waals surface area contributed by atoms with Crippen LogP contribution in [-0.2, 0) is 6.54 Å². The Morgan fingerprint density at radius 1 is 1.57 bits per heavy atom. The predicted octanol–water partition coefficient (Wildman–Crippen LogP) is 0.838. The summed E-state index contributed by atoms with van der Waals surface area (Å²) in [4.78, 5) is 22.6. The molecular weight excluding hydrogens is 200 g/mol. The summed E-state index contributed by atoms with van der Waals surface area (Å²) in [6.45, 7) is 0.574. The highest BCUT2D eigenvalue weighted by Gasteiger charge is 1.99. The van der Waals surface area contributed by atoms with Gasteiger partial charge in [-0.15, -0.1) is 11.3 Å². The lowest BCUT2D eigenvalue weighted by molar-refractivity contribution is 1.07. The first kappa shape index (κ1) is 8.89. The van der Waals surface area contributed by atoms with Crippen molar-refractivity contribution in [2.75, 3.05) is 5.32 Å². The van der Waals surface area contributed by atoms with Crippen molar-refractivity contribution < 1.29 is 0 Å². The Morgan fingerprint density at radius 3 is 3.21 bits per heavy atom. The third kappa shape index (κ3) is 1.97. The number of thiazole rings is 1. The van der Waals surface area contributed by atoms with Gasteiger partial charge in [-0.3, -0.25) is 9.78 Å². The molecule has 0 aromatic carbocycles. The van der Waals surface area contributed by atoms with Gasteiger partial charge >= 0.3 is 0 Å². The van der Waals surface area contributed by atoms with Crippen molar-refractivity contribution in [1.82, 2.24) is 15.0 Å². The summed E-state index contributed by atoms with van der Waals surface area (Å²) in [6, 6.07) is 0. The van der Waals surface area contributed by atoms with Crippen LogP contribution in [0.1, 0.15) is 4.88 Å². The van der Waals surface area contributed by atoms with E-state index in [1.54, 1.807) is 11.7 Å². The molecule has 0 aliphatic heterocycles. The summed E-state index contributed by atoms with van der Waals surface area (Å²) < 4.78 is 0. The summed E-state index contributed by atoms with van der Waals surface area (Å²) >= 11 is 1.53. The van der Waals surface area contributed by atoms with E-state index in [1.807, 2.05) is 0 Å². The van der Waals surface area contributed by atoms with Gasteiger partial charge in [0.05, 0.1) is 12.1 Å². The van der Waals surface area contributed by atoms with Gasteiger partial charge in [-0.1, -0.05) is 0 Å². The molecule has 0 aliphatic rings. The zero-order chi connectivity index (χ0) is 9.80. The Bertz CT molecular complexity index is 450. The van der Waals surface area contributed by atoms with Gasteiger partial charge in [-0.05, 0) is 0 Å². The lowest BCUT2D eigenvalue weighted by Gasteiger charge is -2.00. The van der Waals surface area contributed by atoms with E-state index in [9.17, 15) is 4.79 Å². The first-order valence-electron chi connectivity index (χ1n) is 4.01. The molecule has 2 rings (SSSR count). The molecule has 5 nitrogen and oxygen atoms in total. The standard InChI is InChI=1S/C8H8N4OS/c13-8-7(10-1-2-11-8)12-4-6-3-9-5-14-6/h1-3,5H,4H2,(H,10,12)(H,11,13). The molecule has 0 fully saturated rings. The zero-order valence-corrected chi connectivity index (χ0v) is 8.04. The summed E-state index contributed by atoms with van der Waals surface area (Å²) in [5.74, 6) is 0.334. The van der Waals surface area contributed by atoms with Crippen molar-refractivity contribution >= 4 is 17.2 Å². The first-order valence-corrected chi connectivity index (χ1v) is 4.89. The number of H-pyrrole nitrogens is 1. The van der Waals surface area contributed by atoms with Crippen LogP contribution < -0.4 is 10.9 Å². The summed E-state index contributed by atoms with van der Waals surface area (Å²) in [6.07, 6.45) is 4.80. The van der Waals surface area contributed by atoms with Gasteiger partial charge in [0.15, 0.2) is 5.82 Å². The number of rotatable bonds is 3. The van der Waals surface area contributed by atoms with E-state index < -0.39 is 0 Å². The Balaban J connectivity index is 2.06. The minimum absolute atomic E-state index is 0.211. The van der Waals surface area contributed by atoms with Crippen molar-refractivity contribution in [2.24, 2.45) is 0 Å². The number of anilines is 1. The molecule has 0 atom stereocenters. The minimum Gasteiger partial charge on any atom is -0.361 e. The van der Waals surface area contributed by atoms with E-state index in [1.165, 1.54) is 23.7 Å². The Kier molecular flexibility index (Phi) is 2.55. The number of hydrogen-bond acceptors (Lipinski definition) is 5. The van der Waals surface area contributed by atoms with Gasteiger partial charge in [-0.2, -0.15) is 0 Å². The largest absolute Gasteiger partial charge is 0.361 e. The molecule has 14 heavy (non-hydrogen) atoms. The van der Waals surface area contributed by atoms with Crippen LogP contribution in [0.2, 0.25) is 0 Å². The van der Waals surface area contributed by atoms with Crippen LogP contribution in [0.4, 0.5) is 5.82 Å². The highest BCUT2D eigenvalue weighted by Crippen LogP contribution is 2.06. The average Bonchev–Trinajstić information content (AvgIpc) is 2.69. The van der Waals surface area contributed by atoms with Crippen LogP contribution in [0.3, 0.4) is 0 Å². The van der Waals surface area contributed by atoms with Crippen molar-refractivity contribution in [1.29, 1.82) is 0 Å². The molecule has 2 N–H and O–H groups in total. The molecule has 2 aromatic heterocycles. The molecule has 0 saturated carbocycles. The topological polar surface area (TPSA) is 70.7 Å². The molecule has 72 valence electrons. The highest BCUT2D eigenvalue weighted by molar-refractivity contribution is 7.09. The van der Waals surface area contributed by atoms with Gasteiger partial charge in [0.1, 0.15) is 0 Å². The second-order valence-electron chi connectivity index (χ2n) is 2.59. The fraction of sp³-hybridized carbons (Fsp3) is 0.125. The van der Waals surface area contributed by atoms with Crippen molar-refractivity contribution in [3.8, 4) is 0 Å². The van der Waals surface area contributed by atoms with Crippen LogP contribution in [0, 0.1) is 0 Å². The van der Waals surface area contributed by atoms with Gasteiger partial charge < -0.3 is 10.3 Å². The van der Waals surface area contributed by atoms with Crippen LogP contribution in [0.15, 0.2) is 28.9 Å². The summed E-state index contributed by atoms with van der Waals surface area (Å²) in [7, 11) is 0. The number of aromatic amines is 1. The van der Waals surface area contributed by atoms with Crippen LogP contribution in [0.5, 0.6) is 0 Å². The molecule has 0 aliphatic carbocycles. The number of aromatic nitrogens is 3. The number of hydrogen-bond donors (Lipinski definition) is 2. The average molecular weight is 208 g/mol.